The van der Waals surface area contributed by atoms with Crippen LogP contribution in [0.25, 0.3) is 26.9 Å². The van der Waals surface area contributed by atoms with Crippen LogP contribution >= 0.6 is 11.3 Å². The van der Waals surface area contributed by atoms with Crippen molar-refractivity contribution in [1.29, 1.82) is 0 Å². The SMILES string of the molecule is CCS(=O)c1nc(-n2ccc(C(F)(F)F)n2)sc1-c1nc2cc(C(F)(F)F)ncc2n1C. The van der Waals surface area contributed by atoms with Crippen molar-refractivity contribution in [3.63, 3.8) is 0 Å². The first-order valence-corrected chi connectivity index (χ1v) is 11.0. The largest absolute Gasteiger partial charge is 0.435 e. The van der Waals surface area contributed by atoms with E-state index in [2.05, 4.69) is 20.1 Å². The smallest absolute Gasteiger partial charge is 0.325 e. The second-order valence-corrected chi connectivity index (χ2v) is 9.09. The Bertz CT molecular complexity index is 1340. The Hall–Kier alpha value is -2.81. The highest BCUT2D eigenvalue weighted by molar-refractivity contribution is 7.85. The lowest BCUT2D eigenvalue weighted by molar-refractivity contribution is -0.142. The molecular weight excluding hydrogens is 482 g/mol. The number of nitrogens with zero attached hydrogens (tertiary/aromatic N) is 6. The highest BCUT2D eigenvalue weighted by Gasteiger charge is 2.35. The second kappa shape index (κ2) is 7.65. The van der Waals surface area contributed by atoms with Crippen LogP contribution < -0.4 is 0 Å². The maximum atomic E-state index is 13.0. The summed E-state index contributed by atoms with van der Waals surface area (Å²) in [5.74, 6) is 0.317. The van der Waals surface area contributed by atoms with Gasteiger partial charge in [-0.2, -0.15) is 31.4 Å². The minimum Gasteiger partial charge on any atom is -0.325 e. The maximum Gasteiger partial charge on any atom is 0.435 e. The molecule has 0 aliphatic rings. The first-order chi connectivity index (χ1) is 14.9. The fourth-order valence-electron chi connectivity index (χ4n) is 2.85. The van der Waals surface area contributed by atoms with Gasteiger partial charge in [0.15, 0.2) is 16.5 Å². The van der Waals surface area contributed by atoms with Crippen LogP contribution in [-0.4, -0.2) is 39.3 Å². The zero-order valence-corrected chi connectivity index (χ0v) is 17.8. The lowest BCUT2D eigenvalue weighted by Gasteiger charge is -2.04. The number of hydrogen-bond acceptors (Lipinski definition) is 6. The molecule has 170 valence electrons. The number of hydrogen-bond donors (Lipinski definition) is 0. The van der Waals surface area contributed by atoms with Crippen molar-refractivity contribution < 1.29 is 30.6 Å². The van der Waals surface area contributed by atoms with Crippen LogP contribution in [0.5, 0.6) is 0 Å². The summed E-state index contributed by atoms with van der Waals surface area (Å²) >= 11 is 0.875. The molecule has 0 N–H and O–H groups in total. The number of thiazole rings is 1. The first kappa shape index (κ1) is 22.4. The Balaban J connectivity index is 1.87. The first-order valence-electron chi connectivity index (χ1n) is 8.82. The molecule has 15 heteroatoms. The summed E-state index contributed by atoms with van der Waals surface area (Å²) in [6.07, 6.45) is -7.22. The highest BCUT2D eigenvalue weighted by Crippen LogP contribution is 2.37. The van der Waals surface area contributed by atoms with Crippen molar-refractivity contribution >= 4 is 33.2 Å². The third kappa shape index (κ3) is 3.90. The molecule has 0 spiro atoms. The molecule has 0 aliphatic carbocycles. The van der Waals surface area contributed by atoms with Gasteiger partial charge in [0, 0.05) is 19.0 Å². The van der Waals surface area contributed by atoms with E-state index >= 15 is 0 Å². The van der Waals surface area contributed by atoms with Gasteiger partial charge in [0.25, 0.3) is 0 Å². The molecule has 1 unspecified atom stereocenters. The van der Waals surface area contributed by atoms with Gasteiger partial charge >= 0.3 is 12.4 Å². The van der Waals surface area contributed by atoms with Crippen molar-refractivity contribution in [2.24, 2.45) is 7.05 Å². The summed E-state index contributed by atoms with van der Waals surface area (Å²) in [5, 5.41) is 3.53. The van der Waals surface area contributed by atoms with E-state index in [1.807, 2.05) is 0 Å². The van der Waals surface area contributed by atoms with E-state index in [-0.39, 0.29) is 37.6 Å². The van der Waals surface area contributed by atoms with Gasteiger partial charge in [0.05, 0.1) is 28.0 Å². The topological polar surface area (TPSA) is 78.5 Å². The summed E-state index contributed by atoms with van der Waals surface area (Å²) < 4.78 is 92.6. The number of rotatable bonds is 4. The van der Waals surface area contributed by atoms with Gasteiger partial charge in [0.2, 0.25) is 5.13 Å². The van der Waals surface area contributed by atoms with Crippen LogP contribution in [0.15, 0.2) is 29.6 Å². The average molecular weight is 494 g/mol. The average Bonchev–Trinajstić information content (AvgIpc) is 3.43. The van der Waals surface area contributed by atoms with Gasteiger partial charge < -0.3 is 4.57 Å². The fourth-order valence-corrected chi connectivity index (χ4v) is 5.00. The Morgan fingerprint density at radius 3 is 2.38 bits per heavy atom. The van der Waals surface area contributed by atoms with E-state index in [1.54, 1.807) is 6.92 Å². The molecule has 4 rings (SSSR count). The van der Waals surface area contributed by atoms with Crippen LogP contribution in [0.3, 0.4) is 0 Å². The number of imidazole rings is 1. The molecule has 4 aromatic rings. The number of halogens is 6. The zero-order chi connectivity index (χ0) is 23.4. The van der Waals surface area contributed by atoms with Gasteiger partial charge in [-0.25, -0.2) is 19.6 Å². The minimum atomic E-state index is -4.66. The molecule has 1 atom stereocenters. The van der Waals surface area contributed by atoms with Gasteiger partial charge in [-0.05, 0) is 12.1 Å². The van der Waals surface area contributed by atoms with E-state index in [0.29, 0.717) is 0 Å². The van der Waals surface area contributed by atoms with Crippen LogP contribution in [0, 0.1) is 0 Å². The fraction of sp³-hybridized carbons (Fsp3) is 0.294. The predicted octanol–water partition coefficient (Wildman–Crippen LogP) is 4.44. The van der Waals surface area contributed by atoms with Crippen LogP contribution in [-0.2, 0) is 30.2 Å². The van der Waals surface area contributed by atoms with E-state index < -0.39 is 34.5 Å². The van der Waals surface area contributed by atoms with E-state index in [0.717, 1.165) is 40.5 Å². The molecule has 0 aromatic carbocycles. The third-order valence-corrected chi connectivity index (χ3v) is 6.82. The molecule has 4 heterocycles. The number of fused-ring (bicyclic) bond motifs is 1. The number of aryl methyl sites for hydroxylation is 1. The molecule has 0 saturated heterocycles. The van der Waals surface area contributed by atoms with Crippen LogP contribution in [0.4, 0.5) is 26.3 Å². The van der Waals surface area contributed by atoms with Gasteiger partial charge in [-0.3, -0.25) is 4.21 Å². The second-order valence-electron chi connectivity index (χ2n) is 6.46. The van der Waals surface area contributed by atoms with E-state index in [9.17, 15) is 30.6 Å². The molecule has 0 amide bonds. The molecule has 7 nitrogen and oxygen atoms in total. The normalized spacial score (nSPS) is 13.8. The molecule has 0 radical (unpaired) electrons. The third-order valence-electron chi connectivity index (χ3n) is 4.40. The summed E-state index contributed by atoms with van der Waals surface area (Å²) in [4.78, 5) is 12.1. The molecular formula is C17H12F6N6OS2. The number of aromatic nitrogens is 6. The van der Waals surface area contributed by atoms with Gasteiger partial charge in [-0.1, -0.05) is 18.3 Å². The van der Waals surface area contributed by atoms with Crippen molar-refractivity contribution in [3.05, 3.63) is 35.9 Å². The summed E-state index contributed by atoms with van der Waals surface area (Å²) in [5.41, 5.74) is -1.95. The molecule has 4 aromatic heterocycles. The standard InChI is InChI=1S/C17H12F6N6OS2/c1-3-32(30)14-12(31-15(26-14)29-5-4-10(27-29)16(18,19)20)13-25-8-6-11(17(21,22)23)24-7-9(8)28(13)2/h4-7H,3H2,1-2H3. The van der Waals surface area contributed by atoms with E-state index in [4.69, 9.17) is 0 Å². The summed E-state index contributed by atoms with van der Waals surface area (Å²) in [7, 11) is -0.0920. The molecule has 0 saturated carbocycles. The summed E-state index contributed by atoms with van der Waals surface area (Å²) in [6, 6.07) is 1.57. The van der Waals surface area contributed by atoms with Crippen molar-refractivity contribution in [2.45, 2.75) is 24.3 Å². The zero-order valence-electron chi connectivity index (χ0n) is 16.2. The Labute approximate surface area is 182 Å². The predicted molar refractivity (Wildman–Crippen MR) is 104 cm³/mol. The van der Waals surface area contributed by atoms with Crippen molar-refractivity contribution in [2.75, 3.05) is 5.75 Å². The quantitative estimate of drug-likeness (QED) is 0.392. The highest BCUT2D eigenvalue weighted by atomic mass is 32.2. The molecule has 32 heavy (non-hydrogen) atoms. The molecule has 0 bridgehead atoms. The van der Waals surface area contributed by atoms with Crippen molar-refractivity contribution in [1.82, 2.24) is 29.3 Å². The van der Waals surface area contributed by atoms with E-state index in [1.165, 1.54) is 11.6 Å². The summed E-state index contributed by atoms with van der Waals surface area (Å²) in [6.45, 7) is 1.63. The lowest BCUT2D eigenvalue weighted by Crippen LogP contribution is -2.07. The number of pyridine rings is 1. The number of alkyl halides is 6. The Kier molecular flexibility index (Phi) is 5.35. The van der Waals surface area contributed by atoms with Crippen molar-refractivity contribution in [3.8, 4) is 15.8 Å². The monoisotopic (exact) mass is 494 g/mol. The molecule has 0 fully saturated rings. The van der Waals surface area contributed by atoms with Gasteiger partial charge in [-0.15, -0.1) is 0 Å². The molecule has 0 aliphatic heterocycles. The van der Waals surface area contributed by atoms with Gasteiger partial charge in [0.1, 0.15) is 10.6 Å². The maximum absolute atomic E-state index is 13.0. The lowest BCUT2D eigenvalue weighted by atomic mass is 10.3. The Morgan fingerprint density at radius 2 is 1.78 bits per heavy atom. The minimum absolute atomic E-state index is 0.00597. The van der Waals surface area contributed by atoms with Crippen LogP contribution in [0.1, 0.15) is 18.3 Å². The Morgan fingerprint density at radius 1 is 1.09 bits per heavy atom. The van der Waals surface area contributed by atoms with Crippen LogP contribution in [0.2, 0.25) is 0 Å².